The zero-order valence-electron chi connectivity index (χ0n) is 24.6. The van der Waals surface area contributed by atoms with Gasteiger partial charge in [0.15, 0.2) is 5.78 Å². The highest BCUT2D eigenvalue weighted by molar-refractivity contribution is 6.05. The van der Waals surface area contributed by atoms with Crippen LogP contribution in [0.1, 0.15) is 54.5 Å². The standard InChI is InChI=1S/C35H33F2NO6/c1-22(2)38-30(18-17-28(39)19-29(40)20-31(41)43-3)32(24-9-13-26(36)14-10-24)33(25-11-15-27(37)16-12-25)34(38)35(42)44-21-23-7-5-4-6-8-23/h4-18,22,29,40H,19-21H2,1-3H3. The van der Waals surface area contributed by atoms with E-state index in [1.165, 1.54) is 55.7 Å². The van der Waals surface area contributed by atoms with E-state index < -0.39 is 35.5 Å². The summed E-state index contributed by atoms with van der Waals surface area (Å²) >= 11 is 0. The first kappa shape index (κ1) is 32.0. The molecule has 228 valence electrons. The fourth-order valence-electron chi connectivity index (χ4n) is 4.93. The molecule has 0 aliphatic carbocycles. The molecular formula is C35H33F2NO6. The van der Waals surface area contributed by atoms with Gasteiger partial charge in [-0.15, -0.1) is 0 Å². The lowest BCUT2D eigenvalue weighted by atomic mass is 9.94. The van der Waals surface area contributed by atoms with Crippen molar-refractivity contribution in [2.45, 2.75) is 45.4 Å². The number of halogens is 2. The number of nitrogens with zero attached hydrogens (tertiary/aromatic N) is 1. The van der Waals surface area contributed by atoms with Gasteiger partial charge in [0.1, 0.15) is 23.9 Å². The highest BCUT2D eigenvalue weighted by Gasteiger charge is 2.30. The lowest BCUT2D eigenvalue weighted by Gasteiger charge is -2.16. The molecule has 0 aliphatic rings. The Bertz CT molecular complexity index is 1640. The van der Waals surface area contributed by atoms with Crippen LogP contribution in [0.5, 0.6) is 0 Å². The maximum Gasteiger partial charge on any atom is 0.355 e. The number of ketones is 1. The SMILES string of the molecule is COC(=O)CC(O)CC(=O)C=Cc1c(-c2ccc(F)cc2)c(-c2ccc(F)cc2)c(C(=O)OCc2ccccc2)n1C(C)C. The molecule has 0 saturated carbocycles. The summed E-state index contributed by atoms with van der Waals surface area (Å²) in [5.41, 5.74) is 3.35. The molecular weight excluding hydrogens is 568 g/mol. The van der Waals surface area contributed by atoms with Crippen molar-refractivity contribution in [2.24, 2.45) is 0 Å². The average Bonchev–Trinajstić information content (AvgIpc) is 3.35. The van der Waals surface area contributed by atoms with Crippen molar-refractivity contribution in [1.29, 1.82) is 0 Å². The monoisotopic (exact) mass is 601 g/mol. The minimum absolute atomic E-state index is 0.000566. The number of benzene rings is 3. The summed E-state index contributed by atoms with van der Waals surface area (Å²) < 4.78 is 40.1. The molecule has 4 rings (SSSR count). The predicted octanol–water partition coefficient (Wildman–Crippen LogP) is 6.93. The van der Waals surface area contributed by atoms with Crippen molar-refractivity contribution in [3.05, 3.63) is 114 Å². The number of aliphatic hydroxyl groups is 1. The number of methoxy groups -OCH3 is 1. The quantitative estimate of drug-likeness (QED) is 0.140. The molecule has 1 aromatic heterocycles. The smallest absolute Gasteiger partial charge is 0.355 e. The van der Waals surface area contributed by atoms with Gasteiger partial charge >= 0.3 is 11.9 Å². The first-order valence-electron chi connectivity index (χ1n) is 14.1. The van der Waals surface area contributed by atoms with Crippen LogP contribution in [-0.4, -0.2) is 40.6 Å². The largest absolute Gasteiger partial charge is 0.469 e. The summed E-state index contributed by atoms with van der Waals surface area (Å²) in [6.07, 6.45) is 0.857. The van der Waals surface area contributed by atoms with Gasteiger partial charge < -0.3 is 19.1 Å². The molecule has 0 saturated heterocycles. The Labute approximate surface area is 254 Å². The number of aliphatic hydroxyl groups excluding tert-OH is 1. The Morgan fingerprint density at radius 3 is 1.95 bits per heavy atom. The van der Waals surface area contributed by atoms with Gasteiger partial charge in [-0.05, 0) is 67.0 Å². The lowest BCUT2D eigenvalue weighted by Crippen LogP contribution is -2.18. The van der Waals surface area contributed by atoms with Crippen LogP contribution >= 0.6 is 0 Å². The predicted molar refractivity (Wildman–Crippen MR) is 162 cm³/mol. The van der Waals surface area contributed by atoms with Crippen molar-refractivity contribution in [3.8, 4) is 22.3 Å². The molecule has 0 fully saturated rings. The van der Waals surface area contributed by atoms with Crippen LogP contribution in [0.4, 0.5) is 8.78 Å². The highest BCUT2D eigenvalue weighted by atomic mass is 19.1. The molecule has 1 heterocycles. The van der Waals surface area contributed by atoms with Crippen LogP contribution in [0, 0.1) is 11.6 Å². The van der Waals surface area contributed by atoms with Crippen LogP contribution < -0.4 is 0 Å². The lowest BCUT2D eigenvalue weighted by molar-refractivity contribution is -0.143. The molecule has 0 amide bonds. The Balaban J connectivity index is 1.91. The average molecular weight is 602 g/mol. The second-order valence-electron chi connectivity index (χ2n) is 10.5. The minimum atomic E-state index is -1.24. The Morgan fingerprint density at radius 2 is 1.41 bits per heavy atom. The number of hydrogen-bond acceptors (Lipinski definition) is 6. The van der Waals surface area contributed by atoms with E-state index in [2.05, 4.69) is 4.74 Å². The van der Waals surface area contributed by atoms with E-state index in [-0.39, 0.29) is 31.2 Å². The Kier molecular flexibility index (Phi) is 10.6. The number of aromatic nitrogens is 1. The molecule has 1 N–H and O–H groups in total. The molecule has 0 bridgehead atoms. The van der Waals surface area contributed by atoms with Gasteiger partial charge in [-0.3, -0.25) is 9.59 Å². The van der Waals surface area contributed by atoms with Crippen LogP contribution in [0.2, 0.25) is 0 Å². The topological polar surface area (TPSA) is 94.8 Å². The number of rotatable bonds is 12. The molecule has 7 nitrogen and oxygen atoms in total. The van der Waals surface area contributed by atoms with Crippen molar-refractivity contribution in [1.82, 2.24) is 4.57 Å². The Hall–Kier alpha value is -4.89. The maximum absolute atomic E-state index is 14.0. The number of ether oxygens (including phenoxy) is 2. The van der Waals surface area contributed by atoms with Crippen molar-refractivity contribution >= 4 is 23.8 Å². The third kappa shape index (κ3) is 7.73. The number of carbonyl (C=O) groups is 3. The van der Waals surface area contributed by atoms with E-state index in [0.717, 1.165) is 5.56 Å². The summed E-state index contributed by atoms with van der Waals surface area (Å²) in [7, 11) is 1.19. The number of carbonyl (C=O) groups excluding carboxylic acids is 3. The molecule has 1 unspecified atom stereocenters. The highest BCUT2D eigenvalue weighted by Crippen LogP contribution is 2.43. The third-order valence-corrected chi connectivity index (χ3v) is 6.93. The first-order valence-corrected chi connectivity index (χ1v) is 14.1. The van der Waals surface area contributed by atoms with Gasteiger partial charge in [0.2, 0.25) is 0 Å². The molecule has 44 heavy (non-hydrogen) atoms. The zero-order valence-corrected chi connectivity index (χ0v) is 24.6. The molecule has 0 spiro atoms. The maximum atomic E-state index is 14.0. The van der Waals surface area contributed by atoms with Crippen molar-refractivity contribution in [3.63, 3.8) is 0 Å². The summed E-state index contributed by atoms with van der Waals surface area (Å²) in [6.45, 7) is 3.71. The van der Waals surface area contributed by atoms with Gasteiger partial charge in [-0.1, -0.05) is 54.6 Å². The summed E-state index contributed by atoms with van der Waals surface area (Å²) in [5, 5.41) is 10.2. The van der Waals surface area contributed by atoms with Crippen molar-refractivity contribution < 1.29 is 37.7 Å². The normalized spacial score (nSPS) is 12.0. The summed E-state index contributed by atoms with van der Waals surface area (Å²) in [6, 6.07) is 20.1. The van der Waals surface area contributed by atoms with Crippen LogP contribution in [-0.2, 0) is 25.7 Å². The summed E-state index contributed by atoms with van der Waals surface area (Å²) in [4.78, 5) is 38.3. The van der Waals surface area contributed by atoms with E-state index in [1.807, 2.05) is 44.2 Å². The second kappa shape index (κ2) is 14.5. The number of hydrogen-bond donors (Lipinski definition) is 1. The van der Waals surface area contributed by atoms with Gasteiger partial charge in [0.25, 0.3) is 0 Å². The van der Waals surface area contributed by atoms with Crippen LogP contribution in [0.25, 0.3) is 28.3 Å². The van der Waals surface area contributed by atoms with E-state index in [9.17, 15) is 28.3 Å². The Morgan fingerprint density at radius 1 is 0.841 bits per heavy atom. The molecule has 9 heteroatoms. The fourth-order valence-corrected chi connectivity index (χ4v) is 4.93. The first-order chi connectivity index (χ1) is 21.1. The number of esters is 2. The van der Waals surface area contributed by atoms with E-state index in [1.54, 1.807) is 16.7 Å². The van der Waals surface area contributed by atoms with Gasteiger partial charge in [0.05, 0.1) is 25.3 Å². The van der Waals surface area contributed by atoms with E-state index >= 15 is 0 Å². The third-order valence-electron chi connectivity index (χ3n) is 6.93. The van der Waals surface area contributed by atoms with Gasteiger partial charge in [0, 0.05) is 23.6 Å². The van der Waals surface area contributed by atoms with Crippen LogP contribution in [0.3, 0.4) is 0 Å². The summed E-state index contributed by atoms with van der Waals surface area (Å²) in [5.74, 6) is -2.70. The molecule has 3 aromatic carbocycles. The minimum Gasteiger partial charge on any atom is -0.469 e. The molecule has 4 aromatic rings. The van der Waals surface area contributed by atoms with E-state index in [0.29, 0.717) is 27.9 Å². The molecule has 0 aliphatic heterocycles. The number of allylic oxidation sites excluding steroid dienone is 1. The van der Waals surface area contributed by atoms with Gasteiger partial charge in [-0.2, -0.15) is 0 Å². The fraction of sp³-hybridized carbons (Fsp3) is 0.229. The molecule has 0 radical (unpaired) electrons. The zero-order chi connectivity index (χ0) is 31.8. The van der Waals surface area contributed by atoms with Crippen molar-refractivity contribution in [2.75, 3.05) is 7.11 Å². The van der Waals surface area contributed by atoms with E-state index in [4.69, 9.17) is 4.74 Å². The van der Waals surface area contributed by atoms with Gasteiger partial charge in [-0.25, -0.2) is 13.6 Å². The van der Waals surface area contributed by atoms with Crippen LogP contribution in [0.15, 0.2) is 84.9 Å². The molecule has 1 atom stereocenters. The second-order valence-corrected chi connectivity index (χ2v) is 10.5.